The molecule has 4 aliphatic rings. The van der Waals surface area contributed by atoms with Crippen LogP contribution in [0.1, 0.15) is 212 Å². The number of aryl methyl sites for hydroxylation is 4. The molecule has 380 valence electrons. The lowest BCUT2D eigenvalue weighted by Crippen LogP contribution is -2.56. The van der Waals surface area contributed by atoms with Crippen LogP contribution >= 0.6 is 0 Å². The summed E-state index contributed by atoms with van der Waals surface area (Å²) in [5.74, 6) is 2.11. The summed E-state index contributed by atoms with van der Waals surface area (Å²) >= 11 is 0. The molecule has 0 saturated heterocycles. The van der Waals surface area contributed by atoms with Crippen molar-refractivity contribution in [2.45, 2.75) is 184 Å². The van der Waals surface area contributed by atoms with Crippen LogP contribution < -0.4 is 0 Å². The van der Waals surface area contributed by atoms with Crippen molar-refractivity contribution in [3.63, 3.8) is 0 Å². The molecular formula is C66H80O6. The van der Waals surface area contributed by atoms with E-state index in [1.807, 2.05) is 55.4 Å². The highest BCUT2D eigenvalue weighted by Gasteiger charge is 2.59. The third kappa shape index (κ3) is 7.87. The molecule has 0 atom stereocenters. The molecule has 4 bridgehead atoms. The van der Waals surface area contributed by atoms with E-state index in [-0.39, 0.29) is 34.5 Å². The van der Waals surface area contributed by atoms with E-state index < -0.39 is 0 Å². The Balaban J connectivity index is 1.29. The largest absolute Gasteiger partial charge is 0.507 e. The number of phenols is 6. The van der Waals surface area contributed by atoms with Gasteiger partial charge >= 0.3 is 0 Å². The average molecular weight is 969 g/mol. The van der Waals surface area contributed by atoms with Crippen molar-refractivity contribution in [3.05, 3.63) is 171 Å². The van der Waals surface area contributed by atoms with E-state index in [0.29, 0.717) is 46.3 Å². The van der Waals surface area contributed by atoms with Crippen molar-refractivity contribution >= 4 is 0 Å². The van der Waals surface area contributed by atoms with Crippen LogP contribution in [0, 0.1) is 94.9 Å². The molecule has 6 nitrogen and oxygen atoms in total. The fourth-order valence-electron chi connectivity index (χ4n) is 14.8. The zero-order chi connectivity index (χ0) is 52.5. The molecule has 0 aromatic heterocycles. The van der Waals surface area contributed by atoms with Gasteiger partial charge in [-0.1, -0.05) is 76.2 Å². The Morgan fingerprint density at radius 1 is 0.333 bits per heavy atom. The molecule has 10 rings (SSSR count). The van der Waals surface area contributed by atoms with Crippen molar-refractivity contribution in [1.29, 1.82) is 0 Å². The lowest BCUT2D eigenvalue weighted by atomic mass is 9.41. The van der Waals surface area contributed by atoms with Crippen LogP contribution in [-0.2, 0) is 10.8 Å². The second-order valence-corrected chi connectivity index (χ2v) is 24.2. The fourth-order valence-corrected chi connectivity index (χ4v) is 14.8. The molecule has 0 aliphatic heterocycles. The SMILES string of the molecule is Cc1cc(C(c2cc(C)c(O)c(C)c2C)c2cc(C34CC5CC(C3)CC(c3cc(C(C)C)c(O)c(C(c6cc(C)c(O)c(C)c6C)c6cc(C)c(O)c(C)c6C)c3)(C5)C4)cc(C(C)C)c2O)c(C)c(C)c1O. The Kier molecular flexibility index (Phi) is 12.7. The molecule has 0 spiro atoms. The smallest absolute Gasteiger partial charge is 0.123 e. The van der Waals surface area contributed by atoms with Crippen LogP contribution in [-0.4, -0.2) is 30.6 Å². The molecule has 4 fully saturated rings. The highest BCUT2D eigenvalue weighted by atomic mass is 16.3. The highest BCUT2D eigenvalue weighted by molar-refractivity contribution is 5.65. The summed E-state index contributed by atoms with van der Waals surface area (Å²) in [5, 5.41) is 70.6. The van der Waals surface area contributed by atoms with Crippen LogP contribution in [0.25, 0.3) is 0 Å². The van der Waals surface area contributed by atoms with Gasteiger partial charge in [-0.3, -0.25) is 0 Å². The summed E-state index contributed by atoms with van der Waals surface area (Å²) in [6.45, 7) is 32.8. The first-order valence-corrected chi connectivity index (χ1v) is 26.7. The predicted molar refractivity (Wildman–Crippen MR) is 294 cm³/mol. The third-order valence-electron chi connectivity index (χ3n) is 19.1. The van der Waals surface area contributed by atoms with Gasteiger partial charge < -0.3 is 30.6 Å². The van der Waals surface area contributed by atoms with Crippen LogP contribution in [0.5, 0.6) is 34.5 Å². The normalized spacial score (nSPS) is 20.6. The first-order valence-electron chi connectivity index (χ1n) is 26.7. The van der Waals surface area contributed by atoms with Crippen LogP contribution in [0.2, 0.25) is 0 Å². The highest BCUT2D eigenvalue weighted by Crippen LogP contribution is 2.67. The quantitative estimate of drug-likeness (QED) is 0.0761. The molecule has 0 heterocycles. The molecule has 72 heavy (non-hydrogen) atoms. The van der Waals surface area contributed by atoms with E-state index in [0.717, 1.165) is 143 Å². The van der Waals surface area contributed by atoms with E-state index in [2.05, 4.69) is 104 Å². The Morgan fingerprint density at radius 3 is 0.833 bits per heavy atom. The average Bonchev–Trinajstić information content (AvgIpc) is 3.32. The lowest BCUT2D eigenvalue weighted by Gasteiger charge is -2.63. The topological polar surface area (TPSA) is 121 Å². The molecule has 4 aliphatic carbocycles. The van der Waals surface area contributed by atoms with Crippen molar-refractivity contribution in [2.75, 3.05) is 0 Å². The van der Waals surface area contributed by atoms with E-state index in [4.69, 9.17) is 0 Å². The molecule has 0 unspecified atom stereocenters. The van der Waals surface area contributed by atoms with Crippen LogP contribution in [0.4, 0.5) is 0 Å². The Hall–Kier alpha value is -5.88. The molecule has 6 aromatic rings. The molecule has 0 radical (unpaired) electrons. The van der Waals surface area contributed by atoms with Crippen molar-refractivity contribution in [3.8, 4) is 34.5 Å². The summed E-state index contributed by atoms with van der Waals surface area (Å²) in [4.78, 5) is 0. The summed E-state index contributed by atoms with van der Waals surface area (Å²) in [7, 11) is 0. The van der Waals surface area contributed by atoms with Gasteiger partial charge in [0, 0.05) is 23.0 Å². The first-order chi connectivity index (χ1) is 33.7. The van der Waals surface area contributed by atoms with Gasteiger partial charge in [0.25, 0.3) is 0 Å². The third-order valence-corrected chi connectivity index (χ3v) is 19.1. The first kappa shape index (κ1) is 51.0. The number of hydrogen-bond acceptors (Lipinski definition) is 6. The van der Waals surface area contributed by atoms with Crippen LogP contribution in [0.15, 0.2) is 48.5 Å². The number of aromatic hydroxyl groups is 6. The number of hydrogen-bond donors (Lipinski definition) is 6. The maximum Gasteiger partial charge on any atom is 0.123 e. The minimum absolute atomic E-state index is 0.0393. The van der Waals surface area contributed by atoms with Gasteiger partial charge in [-0.25, -0.2) is 0 Å². The summed E-state index contributed by atoms with van der Waals surface area (Å²) < 4.78 is 0. The maximum atomic E-state index is 12.8. The van der Waals surface area contributed by atoms with Crippen LogP contribution in [0.3, 0.4) is 0 Å². The molecule has 6 heteroatoms. The van der Waals surface area contributed by atoms with Gasteiger partial charge in [-0.05, 0) is 267 Å². The second kappa shape index (κ2) is 18.0. The van der Waals surface area contributed by atoms with E-state index in [9.17, 15) is 30.6 Å². The van der Waals surface area contributed by atoms with Gasteiger partial charge in [-0.2, -0.15) is 0 Å². The second-order valence-electron chi connectivity index (χ2n) is 24.2. The van der Waals surface area contributed by atoms with Gasteiger partial charge in [-0.15, -0.1) is 0 Å². The van der Waals surface area contributed by atoms with Gasteiger partial charge in [0.2, 0.25) is 0 Å². The Bertz CT molecular complexity index is 2870. The summed E-state index contributed by atoms with van der Waals surface area (Å²) in [6, 6.07) is 17.8. The number of phenolic OH excluding ortho intramolecular Hbond substituents is 6. The lowest BCUT2D eigenvalue weighted by molar-refractivity contribution is -0.0282. The van der Waals surface area contributed by atoms with Crippen molar-refractivity contribution in [2.24, 2.45) is 11.8 Å². The number of benzene rings is 6. The van der Waals surface area contributed by atoms with Gasteiger partial charge in [0.05, 0.1) is 0 Å². The fraction of sp³-hybridized carbons (Fsp3) is 0.455. The zero-order valence-electron chi connectivity index (χ0n) is 46.0. The molecular weight excluding hydrogens is 889 g/mol. The van der Waals surface area contributed by atoms with E-state index in [1.54, 1.807) is 0 Å². The Morgan fingerprint density at radius 2 is 0.583 bits per heavy atom. The zero-order valence-corrected chi connectivity index (χ0v) is 46.0. The van der Waals surface area contributed by atoms with Gasteiger partial charge in [0.1, 0.15) is 34.5 Å². The molecule has 0 amide bonds. The minimum atomic E-state index is -0.377. The van der Waals surface area contributed by atoms with Crippen molar-refractivity contribution in [1.82, 2.24) is 0 Å². The summed E-state index contributed by atoms with van der Waals surface area (Å²) in [5.41, 5.74) is 20.4. The van der Waals surface area contributed by atoms with E-state index >= 15 is 0 Å². The molecule has 6 N–H and O–H groups in total. The monoisotopic (exact) mass is 969 g/mol. The molecule has 4 saturated carbocycles. The maximum absolute atomic E-state index is 12.8. The van der Waals surface area contributed by atoms with E-state index in [1.165, 1.54) is 17.5 Å². The summed E-state index contributed by atoms with van der Waals surface area (Å²) in [6.07, 6.45) is 6.45. The standard InChI is InChI=1S/C66H80O6/c1-31(2)49-22-47(24-55(63(49)71)57(51-17-33(5)59(67)41(13)37(51)9)52-18-34(6)60(68)42(14)38(52)10)65-26-45-21-46(27-65)29-66(28-45,30-65)48-23-50(32(3)4)64(72)56(25-48)58(53-19-35(7)61(69)43(15)39(53)11)54-20-36(8)62(70)44(16)40(54)12/h17-20,22-25,31-32,45-46,57-58,67-72H,21,26-30H2,1-16H3. The van der Waals surface area contributed by atoms with Gasteiger partial charge in [0.15, 0.2) is 0 Å². The minimum Gasteiger partial charge on any atom is -0.507 e. The predicted octanol–water partition coefficient (Wildman–Crippen LogP) is 16.0. The molecule has 6 aromatic carbocycles. The Labute approximate surface area is 429 Å². The number of rotatable bonds is 10. The van der Waals surface area contributed by atoms with Crippen molar-refractivity contribution < 1.29 is 30.6 Å².